The maximum absolute atomic E-state index is 11.7. The molecule has 7 nitrogen and oxygen atoms in total. The third-order valence-electron chi connectivity index (χ3n) is 4.51. The van der Waals surface area contributed by atoms with Crippen LogP contribution in [0.25, 0.3) is 33.5 Å². The molecule has 0 bridgehead atoms. The number of benzene rings is 2. The van der Waals surface area contributed by atoms with Crippen molar-refractivity contribution in [3.63, 3.8) is 0 Å². The number of carbonyl (C=O) groups is 1. The fraction of sp³-hybridized carbons (Fsp3) is 0.150. The molecule has 2 aromatic carbocycles. The first-order valence-electron chi connectivity index (χ1n) is 8.59. The monoisotopic (exact) mass is 358 g/mol. The van der Waals surface area contributed by atoms with Crippen LogP contribution in [0.2, 0.25) is 0 Å². The van der Waals surface area contributed by atoms with Gasteiger partial charge in [-0.1, -0.05) is 36.4 Å². The molecule has 2 N–H and O–H groups in total. The average Bonchev–Trinajstić information content (AvgIpc) is 3.22. The van der Waals surface area contributed by atoms with Crippen molar-refractivity contribution in [3.8, 4) is 22.6 Å². The number of carbonyl (C=O) groups excluding carboxylic acids is 1. The van der Waals surface area contributed by atoms with Crippen molar-refractivity contribution in [3.05, 3.63) is 59.7 Å². The van der Waals surface area contributed by atoms with E-state index in [2.05, 4.69) is 38.9 Å². The number of hydrogen-bond donors (Lipinski definition) is 2. The smallest absolute Gasteiger partial charge is 0.224 e. The second-order valence-corrected chi connectivity index (χ2v) is 6.34. The number of aryl methyl sites for hydroxylation is 1. The second kappa shape index (κ2) is 6.95. The van der Waals surface area contributed by atoms with Crippen molar-refractivity contribution in [2.45, 2.75) is 13.3 Å². The van der Waals surface area contributed by atoms with Gasteiger partial charge in [0.05, 0.1) is 17.6 Å². The molecule has 0 aliphatic carbocycles. The van der Waals surface area contributed by atoms with Gasteiger partial charge < -0.3 is 5.32 Å². The Balaban J connectivity index is 1.72. The van der Waals surface area contributed by atoms with Crippen LogP contribution >= 0.6 is 0 Å². The van der Waals surface area contributed by atoms with Crippen LogP contribution in [-0.4, -0.2) is 38.6 Å². The molecule has 27 heavy (non-hydrogen) atoms. The highest BCUT2D eigenvalue weighted by atomic mass is 16.1. The standard InChI is InChI=1S/C20H18N6O/c1-12-9-17(14-4-6-15(7-5-14)20-23-25-26-24-20)22-18-10-13(3-8-16(12)18)11-19(27)21-2/h3-10H,11H2,1-2H3,(H,21,27)(H,23,24,25,26). The molecule has 0 atom stereocenters. The van der Waals surface area contributed by atoms with Gasteiger partial charge in [-0.15, -0.1) is 10.2 Å². The third kappa shape index (κ3) is 3.39. The highest BCUT2D eigenvalue weighted by Gasteiger charge is 2.09. The summed E-state index contributed by atoms with van der Waals surface area (Å²) in [5, 5.41) is 17.8. The molecule has 0 saturated carbocycles. The van der Waals surface area contributed by atoms with Crippen LogP contribution in [0, 0.1) is 6.92 Å². The number of tetrazole rings is 1. The number of pyridine rings is 1. The second-order valence-electron chi connectivity index (χ2n) is 6.34. The molecule has 0 fully saturated rings. The summed E-state index contributed by atoms with van der Waals surface area (Å²) in [6, 6.07) is 15.9. The van der Waals surface area contributed by atoms with Crippen molar-refractivity contribution in [1.82, 2.24) is 30.9 Å². The minimum atomic E-state index is -0.0146. The van der Waals surface area contributed by atoms with E-state index in [-0.39, 0.29) is 5.91 Å². The van der Waals surface area contributed by atoms with Gasteiger partial charge in [-0.05, 0) is 35.4 Å². The number of aromatic amines is 1. The van der Waals surface area contributed by atoms with Crippen LogP contribution < -0.4 is 5.32 Å². The van der Waals surface area contributed by atoms with Crippen molar-refractivity contribution >= 4 is 16.8 Å². The van der Waals surface area contributed by atoms with Gasteiger partial charge >= 0.3 is 0 Å². The molecule has 2 aromatic heterocycles. The van der Waals surface area contributed by atoms with Gasteiger partial charge in [-0.25, -0.2) is 4.98 Å². The molecule has 0 radical (unpaired) electrons. The van der Waals surface area contributed by atoms with E-state index in [1.807, 2.05) is 42.5 Å². The van der Waals surface area contributed by atoms with E-state index >= 15 is 0 Å². The van der Waals surface area contributed by atoms with Crippen molar-refractivity contribution in [2.24, 2.45) is 0 Å². The average molecular weight is 358 g/mol. The van der Waals surface area contributed by atoms with Crippen LogP contribution in [0.1, 0.15) is 11.1 Å². The summed E-state index contributed by atoms with van der Waals surface area (Å²) >= 11 is 0. The van der Waals surface area contributed by atoms with Crippen LogP contribution in [0.5, 0.6) is 0 Å². The SMILES string of the molecule is CNC(=O)Cc1ccc2c(C)cc(-c3ccc(-c4nn[nH]n4)cc3)nc2c1. The summed E-state index contributed by atoms with van der Waals surface area (Å²) in [5.41, 5.74) is 5.74. The Kier molecular flexibility index (Phi) is 4.33. The largest absolute Gasteiger partial charge is 0.359 e. The van der Waals surface area contributed by atoms with Crippen LogP contribution in [0.3, 0.4) is 0 Å². The van der Waals surface area contributed by atoms with E-state index in [0.717, 1.165) is 38.9 Å². The van der Waals surface area contributed by atoms with E-state index in [4.69, 9.17) is 4.98 Å². The van der Waals surface area contributed by atoms with Gasteiger partial charge in [0, 0.05) is 23.6 Å². The van der Waals surface area contributed by atoms with Gasteiger partial charge in [0.2, 0.25) is 11.7 Å². The Morgan fingerprint density at radius 1 is 1.07 bits per heavy atom. The fourth-order valence-corrected chi connectivity index (χ4v) is 3.05. The first kappa shape index (κ1) is 16.8. The summed E-state index contributed by atoms with van der Waals surface area (Å²) < 4.78 is 0. The van der Waals surface area contributed by atoms with E-state index in [1.165, 1.54) is 0 Å². The van der Waals surface area contributed by atoms with E-state index in [9.17, 15) is 4.79 Å². The lowest BCUT2D eigenvalue weighted by atomic mass is 10.0. The summed E-state index contributed by atoms with van der Waals surface area (Å²) in [7, 11) is 1.64. The van der Waals surface area contributed by atoms with Crippen molar-refractivity contribution in [2.75, 3.05) is 7.05 Å². The van der Waals surface area contributed by atoms with E-state index in [1.54, 1.807) is 7.05 Å². The molecule has 4 aromatic rings. The van der Waals surface area contributed by atoms with Crippen molar-refractivity contribution in [1.29, 1.82) is 0 Å². The number of fused-ring (bicyclic) bond motifs is 1. The fourth-order valence-electron chi connectivity index (χ4n) is 3.05. The highest BCUT2D eigenvalue weighted by molar-refractivity contribution is 5.87. The Bertz CT molecular complexity index is 1100. The van der Waals surface area contributed by atoms with Crippen LogP contribution in [0.15, 0.2) is 48.5 Å². The maximum atomic E-state index is 11.7. The number of aromatic nitrogens is 5. The van der Waals surface area contributed by atoms with Gasteiger partial charge in [0.1, 0.15) is 0 Å². The minimum Gasteiger partial charge on any atom is -0.359 e. The number of likely N-dealkylation sites (N-methyl/N-ethyl adjacent to an activating group) is 1. The summed E-state index contributed by atoms with van der Waals surface area (Å²) in [5.74, 6) is 0.544. The number of hydrogen-bond acceptors (Lipinski definition) is 5. The lowest BCUT2D eigenvalue weighted by molar-refractivity contribution is -0.119. The number of rotatable bonds is 4. The maximum Gasteiger partial charge on any atom is 0.224 e. The topological polar surface area (TPSA) is 96.5 Å². The molecular weight excluding hydrogens is 340 g/mol. The lowest BCUT2D eigenvalue weighted by Crippen LogP contribution is -2.19. The Morgan fingerprint density at radius 3 is 2.56 bits per heavy atom. The predicted molar refractivity (Wildman–Crippen MR) is 103 cm³/mol. The molecule has 4 rings (SSSR count). The molecule has 0 saturated heterocycles. The lowest BCUT2D eigenvalue weighted by Gasteiger charge is -2.09. The van der Waals surface area contributed by atoms with Gasteiger partial charge in [0.15, 0.2) is 0 Å². The van der Waals surface area contributed by atoms with Crippen LogP contribution in [0.4, 0.5) is 0 Å². The Morgan fingerprint density at radius 2 is 1.85 bits per heavy atom. The van der Waals surface area contributed by atoms with E-state index in [0.29, 0.717) is 12.2 Å². The molecule has 2 heterocycles. The molecule has 1 amide bonds. The number of amides is 1. The van der Waals surface area contributed by atoms with Crippen LogP contribution in [-0.2, 0) is 11.2 Å². The van der Waals surface area contributed by atoms with Gasteiger partial charge in [-0.3, -0.25) is 4.79 Å². The molecule has 0 unspecified atom stereocenters. The van der Waals surface area contributed by atoms with Gasteiger partial charge in [-0.2, -0.15) is 5.21 Å². The number of nitrogens with one attached hydrogen (secondary N) is 2. The number of H-pyrrole nitrogens is 1. The number of nitrogens with zero attached hydrogens (tertiary/aromatic N) is 4. The molecule has 0 aliphatic heterocycles. The molecular formula is C20H18N6O. The zero-order valence-corrected chi connectivity index (χ0v) is 15.0. The quantitative estimate of drug-likeness (QED) is 0.585. The van der Waals surface area contributed by atoms with E-state index < -0.39 is 0 Å². The zero-order chi connectivity index (χ0) is 18.8. The third-order valence-corrected chi connectivity index (χ3v) is 4.51. The molecule has 0 aliphatic rings. The summed E-state index contributed by atoms with van der Waals surface area (Å²) in [6.07, 6.45) is 0.344. The molecule has 134 valence electrons. The van der Waals surface area contributed by atoms with Crippen molar-refractivity contribution < 1.29 is 4.79 Å². The minimum absolute atomic E-state index is 0.0146. The first-order chi connectivity index (χ1) is 13.1. The first-order valence-corrected chi connectivity index (χ1v) is 8.59. The highest BCUT2D eigenvalue weighted by Crippen LogP contribution is 2.26. The zero-order valence-electron chi connectivity index (χ0n) is 15.0. The summed E-state index contributed by atoms with van der Waals surface area (Å²) in [4.78, 5) is 16.5. The van der Waals surface area contributed by atoms with Gasteiger partial charge in [0.25, 0.3) is 0 Å². The Labute approximate surface area is 155 Å². The summed E-state index contributed by atoms with van der Waals surface area (Å²) in [6.45, 7) is 2.07. The predicted octanol–water partition coefficient (Wildman–Crippen LogP) is 2.68. The Hall–Kier alpha value is -3.61. The molecule has 7 heteroatoms. The molecule has 0 spiro atoms. The normalized spacial score (nSPS) is 10.9.